The van der Waals surface area contributed by atoms with Crippen LogP contribution < -0.4 is 4.84 Å². The monoisotopic (exact) mass is 379 g/mol. The zero-order valence-corrected chi connectivity index (χ0v) is 16.0. The fraction of sp³-hybridized carbons (Fsp3) is 0.579. The lowest BCUT2D eigenvalue weighted by molar-refractivity contribution is -0.711. The van der Waals surface area contributed by atoms with Crippen LogP contribution in [0.2, 0.25) is 0 Å². The summed E-state index contributed by atoms with van der Waals surface area (Å²) in [5.74, 6) is -0.697. The molecule has 27 heavy (non-hydrogen) atoms. The van der Waals surface area contributed by atoms with Gasteiger partial charge in [0.2, 0.25) is 0 Å². The number of ether oxygens (including phenoxy) is 2. The van der Waals surface area contributed by atoms with Crippen LogP contribution >= 0.6 is 0 Å². The van der Waals surface area contributed by atoms with Gasteiger partial charge in [-0.25, -0.2) is 4.79 Å². The summed E-state index contributed by atoms with van der Waals surface area (Å²) in [6.45, 7) is 7.39. The van der Waals surface area contributed by atoms with E-state index in [1.807, 2.05) is 27.7 Å². The summed E-state index contributed by atoms with van der Waals surface area (Å²) in [5.41, 5.74) is -0.821. The quantitative estimate of drug-likeness (QED) is 0.436. The Bertz CT molecular complexity index is 698. The molecule has 0 unspecified atom stereocenters. The van der Waals surface area contributed by atoms with Crippen molar-refractivity contribution in [2.75, 3.05) is 0 Å². The summed E-state index contributed by atoms with van der Waals surface area (Å²) >= 11 is 0. The normalized spacial score (nSPS) is 22.6. The molecule has 1 aromatic carbocycles. The number of esters is 2. The van der Waals surface area contributed by atoms with Gasteiger partial charge in [0.15, 0.2) is 0 Å². The number of nitrogens with zero attached hydrogens (tertiary/aromatic N) is 1. The summed E-state index contributed by atoms with van der Waals surface area (Å²) in [6, 6.07) is 5.49. The average molecular weight is 379 g/mol. The number of carbonyl (C=O) groups excluding carboxylic acids is 2. The van der Waals surface area contributed by atoms with Gasteiger partial charge in [-0.1, -0.05) is 0 Å². The second kappa shape index (κ2) is 7.94. The largest absolute Gasteiger partial charge is 0.460 e. The first-order valence-corrected chi connectivity index (χ1v) is 8.85. The van der Waals surface area contributed by atoms with Gasteiger partial charge in [-0.3, -0.25) is 9.63 Å². The topological polar surface area (TPSA) is 105 Å². The van der Waals surface area contributed by atoms with Crippen LogP contribution in [0.15, 0.2) is 24.3 Å². The molecule has 8 nitrogen and oxygen atoms in total. The molecule has 148 valence electrons. The minimum atomic E-state index is -0.920. The maximum absolute atomic E-state index is 12.4. The Morgan fingerprint density at radius 3 is 2.19 bits per heavy atom. The molecule has 8 heteroatoms. The lowest BCUT2D eigenvalue weighted by Gasteiger charge is -2.36. The summed E-state index contributed by atoms with van der Waals surface area (Å²) in [4.78, 5) is 39.2. The van der Waals surface area contributed by atoms with E-state index in [2.05, 4.69) is 4.84 Å². The lowest BCUT2D eigenvalue weighted by Crippen LogP contribution is -2.40. The van der Waals surface area contributed by atoms with Crippen molar-refractivity contribution in [2.24, 2.45) is 5.41 Å². The maximum atomic E-state index is 12.4. The first kappa shape index (κ1) is 20.7. The van der Waals surface area contributed by atoms with Crippen LogP contribution in [0.25, 0.3) is 0 Å². The maximum Gasteiger partial charge on any atom is 0.338 e. The molecule has 0 N–H and O–H groups in total. The van der Waals surface area contributed by atoms with Gasteiger partial charge in [0.05, 0.1) is 11.0 Å². The summed E-state index contributed by atoms with van der Waals surface area (Å²) in [6.07, 6.45) is 2.03. The second-order valence-corrected chi connectivity index (χ2v) is 8.01. The number of carbonyl (C=O) groups is 2. The molecular weight excluding hydrogens is 354 g/mol. The molecule has 0 aliphatic heterocycles. The molecule has 0 spiro atoms. The highest BCUT2D eigenvalue weighted by Gasteiger charge is 2.41. The third-order valence-corrected chi connectivity index (χ3v) is 4.47. The number of benzene rings is 1. The fourth-order valence-electron chi connectivity index (χ4n) is 2.91. The Kier molecular flexibility index (Phi) is 6.08. The van der Waals surface area contributed by atoms with Crippen molar-refractivity contribution in [3.05, 3.63) is 39.9 Å². The smallest absolute Gasteiger partial charge is 0.338 e. The van der Waals surface area contributed by atoms with Crippen molar-refractivity contribution in [1.82, 2.24) is 0 Å². The molecule has 1 aliphatic carbocycles. The predicted molar refractivity (Wildman–Crippen MR) is 95.7 cm³/mol. The van der Waals surface area contributed by atoms with E-state index in [1.165, 1.54) is 24.3 Å². The van der Waals surface area contributed by atoms with E-state index in [-0.39, 0.29) is 23.4 Å². The molecule has 0 radical (unpaired) electrons. The van der Waals surface area contributed by atoms with Crippen LogP contribution in [-0.2, 0) is 14.3 Å². The number of hydrogen-bond donors (Lipinski definition) is 0. The standard InChI is InChI=1S/C19H25NO7/c1-18(2,3)26-17(22)19(4)11-9-14(10-12-19)25-16(21)13-5-7-15(8-6-13)27-20(23)24/h5-8,14H,9-12H2,1-4H3/t14-,19-. The average Bonchev–Trinajstić information content (AvgIpc) is 2.55. The zero-order valence-electron chi connectivity index (χ0n) is 16.0. The van der Waals surface area contributed by atoms with E-state index in [4.69, 9.17) is 9.47 Å². The molecule has 0 bridgehead atoms. The van der Waals surface area contributed by atoms with Crippen molar-refractivity contribution in [2.45, 2.75) is 65.1 Å². The van der Waals surface area contributed by atoms with E-state index < -0.39 is 22.1 Å². The van der Waals surface area contributed by atoms with Gasteiger partial charge < -0.3 is 9.47 Å². The summed E-state index contributed by atoms with van der Waals surface area (Å²) < 4.78 is 11.0. The van der Waals surface area contributed by atoms with E-state index in [9.17, 15) is 19.7 Å². The third kappa shape index (κ3) is 5.94. The highest BCUT2D eigenvalue weighted by Crippen LogP contribution is 2.39. The van der Waals surface area contributed by atoms with E-state index in [1.54, 1.807) is 0 Å². The van der Waals surface area contributed by atoms with Crippen LogP contribution in [0.5, 0.6) is 5.75 Å². The molecule has 0 atom stereocenters. The summed E-state index contributed by atoms with van der Waals surface area (Å²) in [5, 5.41) is 9.37. The Morgan fingerprint density at radius 1 is 1.15 bits per heavy atom. The Morgan fingerprint density at radius 2 is 1.70 bits per heavy atom. The molecule has 1 aromatic rings. The van der Waals surface area contributed by atoms with Crippen LogP contribution in [0.1, 0.15) is 63.7 Å². The highest BCUT2D eigenvalue weighted by molar-refractivity contribution is 5.89. The molecule has 0 saturated heterocycles. The van der Waals surface area contributed by atoms with Crippen molar-refractivity contribution in [3.8, 4) is 5.75 Å². The summed E-state index contributed by atoms with van der Waals surface area (Å²) in [7, 11) is 0. The Hall–Kier alpha value is -2.64. The van der Waals surface area contributed by atoms with Gasteiger partial charge in [0.1, 0.15) is 17.5 Å². The van der Waals surface area contributed by atoms with Crippen LogP contribution in [0.4, 0.5) is 0 Å². The van der Waals surface area contributed by atoms with Gasteiger partial charge in [0.25, 0.3) is 5.09 Å². The van der Waals surface area contributed by atoms with E-state index in [0.29, 0.717) is 25.7 Å². The molecule has 1 fully saturated rings. The van der Waals surface area contributed by atoms with Crippen molar-refractivity contribution >= 4 is 11.9 Å². The number of rotatable bonds is 5. The van der Waals surface area contributed by atoms with Crippen molar-refractivity contribution in [3.63, 3.8) is 0 Å². The van der Waals surface area contributed by atoms with Crippen LogP contribution in [-0.4, -0.2) is 28.7 Å². The van der Waals surface area contributed by atoms with Gasteiger partial charge in [-0.15, -0.1) is 10.1 Å². The molecule has 0 amide bonds. The lowest BCUT2D eigenvalue weighted by atomic mass is 9.74. The van der Waals surface area contributed by atoms with Crippen molar-refractivity contribution in [1.29, 1.82) is 0 Å². The number of hydrogen-bond acceptors (Lipinski definition) is 7. The van der Waals surface area contributed by atoms with Gasteiger partial charge in [-0.05, 0) is 77.6 Å². The Balaban J connectivity index is 1.88. The molecule has 0 heterocycles. The minimum absolute atomic E-state index is 0.0299. The molecule has 1 saturated carbocycles. The van der Waals surface area contributed by atoms with Gasteiger partial charge in [0, 0.05) is 0 Å². The first-order valence-electron chi connectivity index (χ1n) is 8.85. The third-order valence-electron chi connectivity index (χ3n) is 4.47. The second-order valence-electron chi connectivity index (χ2n) is 8.01. The highest BCUT2D eigenvalue weighted by atomic mass is 17.0. The fourth-order valence-corrected chi connectivity index (χ4v) is 2.91. The SMILES string of the molecule is CC(C)(C)OC(=O)[C@]1(C)CC[C@@H](OC(=O)c2ccc(O[N+](=O)[O-])cc2)CC1. The van der Waals surface area contributed by atoms with Crippen molar-refractivity contribution < 1.29 is 29.0 Å². The molecular formula is C19H25NO7. The molecule has 1 aliphatic rings. The van der Waals surface area contributed by atoms with E-state index >= 15 is 0 Å². The zero-order chi connectivity index (χ0) is 20.2. The van der Waals surface area contributed by atoms with E-state index in [0.717, 1.165) is 0 Å². The van der Waals surface area contributed by atoms with Crippen LogP contribution in [0, 0.1) is 15.5 Å². The minimum Gasteiger partial charge on any atom is -0.460 e. The van der Waals surface area contributed by atoms with Gasteiger partial charge >= 0.3 is 11.9 Å². The van der Waals surface area contributed by atoms with Crippen LogP contribution in [0.3, 0.4) is 0 Å². The first-order chi connectivity index (χ1) is 12.5. The molecule has 2 rings (SSSR count). The van der Waals surface area contributed by atoms with Gasteiger partial charge in [-0.2, -0.15) is 0 Å². The predicted octanol–water partition coefficient (Wildman–Crippen LogP) is 3.70. The molecule has 0 aromatic heterocycles. The Labute approximate surface area is 157 Å².